The van der Waals surface area contributed by atoms with E-state index in [2.05, 4.69) is 9.98 Å². The van der Waals surface area contributed by atoms with Crippen LogP contribution in [0.25, 0.3) is 10.9 Å². The van der Waals surface area contributed by atoms with Crippen LogP contribution in [0, 0.1) is 6.92 Å². The first-order chi connectivity index (χ1) is 11.0. The smallest absolute Gasteiger partial charge is 0.307 e. The van der Waals surface area contributed by atoms with Crippen molar-refractivity contribution in [3.05, 3.63) is 59.3 Å². The van der Waals surface area contributed by atoms with Crippen molar-refractivity contribution in [2.75, 3.05) is 0 Å². The van der Waals surface area contributed by atoms with E-state index in [1.54, 1.807) is 24.4 Å². The number of aliphatic imine (C=N–C) groups is 1. The maximum Gasteiger partial charge on any atom is 0.307 e. The average molecular weight is 308 g/mol. The van der Waals surface area contributed by atoms with Crippen LogP contribution in [0.5, 0.6) is 5.75 Å². The number of aromatic amines is 1. The molecule has 0 radical (unpaired) electrons. The molecule has 3 rings (SSSR count). The number of benzene rings is 2. The Morgan fingerprint density at radius 3 is 2.78 bits per heavy atom. The van der Waals surface area contributed by atoms with Crippen LogP contribution in [0.4, 0.5) is 5.69 Å². The summed E-state index contributed by atoms with van der Waals surface area (Å²) in [7, 11) is 0. The molecule has 5 nitrogen and oxygen atoms in total. The molecular formula is C18H16N2O3. The quantitative estimate of drug-likeness (QED) is 0.644. The number of nitrogens with one attached hydrogen (secondary N) is 1. The van der Waals surface area contributed by atoms with E-state index in [4.69, 9.17) is 5.11 Å². The number of rotatable bonds is 4. The van der Waals surface area contributed by atoms with Crippen molar-refractivity contribution < 1.29 is 15.0 Å². The second-order valence-electron chi connectivity index (χ2n) is 5.35. The van der Waals surface area contributed by atoms with Crippen LogP contribution in [-0.2, 0) is 11.2 Å². The highest BCUT2D eigenvalue weighted by molar-refractivity contribution is 5.92. The number of carboxylic acids is 1. The van der Waals surface area contributed by atoms with E-state index in [-0.39, 0.29) is 12.2 Å². The number of phenols is 1. The van der Waals surface area contributed by atoms with Crippen molar-refractivity contribution in [2.24, 2.45) is 4.99 Å². The van der Waals surface area contributed by atoms with Gasteiger partial charge in [0.15, 0.2) is 0 Å². The van der Waals surface area contributed by atoms with Gasteiger partial charge in [0.25, 0.3) is 0 Å². The van der Waals surface area contributed by atoms with Gasteiger partial charge < -0.3 is 15.2 Å². The number of para-hydroxylation sites is 1. The molecule has 0 saturated carbocycles. The summed E-state index contributed by atoms with van der Waals surface area (Å²) < 4.78 is 0. The highest BCUT2D eigenvalue weighted by atomic mass is 16.4. The summed E-state index contributed by atoms with van der Waals surface area (Å²) in [5, 5.41) is 19.7. The fourth-order valence-corrected chi connectivity index (χ4v) is 2.57. The van der Waals surface area contributed by atoms with E-state index in [1.807, 2.05) is 31.2 Å². The lowest BCUT2D eigenvalue weighted by atomic mass is 10.1. The SMILES string of the molecule is Cc1[nH]c2ccc(N=Cc3ccccc3O)cc2c1CC(=O)O. The number of carboxylic acid groups (broad SMARTS) is 1. The maximum atomic E-state index is 11.0. The van der Waals surface area contributed by atoms with E-state index in [1.165, 1.54) is 0 Å². The standard InChI is InChI=1S/C18H16N2O3/c1-11-14(9-18(22)23)15-8-13(6-7-16(15)20-11)19-10-12-4-2-3-5-17(12)21/h2-8,10,20-21H,9H2,1H3,(H,22,23). The maximum absolute atomic E-state index is 11.0. The molecule has 3 aromatic rings. The molecule has 0 bridgehead atoms. The van der Waals surface area contributed by atoms with Crippen LogP contribution in [-0.4, -0.2) is 27.4 Å². The minimum atomic E-state index is -0.864. The van der Waals surface area contributed by atoms with Gasteiger partial charge in [-0.1, -0.05) is 12.1 Å². The summed E-state index contributed by atoms with van der Waals surface area (Å²) in [5.74, 6) is -0.696. The molecule has 2 aromatic carbocycles. The van der Waals surface area contributed by atoms with Crippen molar-refractivity contribution in [1.82, 2.24) is 4.98 Å². The Hall–Kier alpha value is -3.08. The van der Waals surface area contributed by atoms with Crippen molar-refractivity contribution in [3.8, 4) is 5.75 Å². The number of phenolic OH excluding ortho intramolecular Hbond substituents is 1. The number of H-pyrrole nitrogens is 1. The van der Waals surface area contributed by atoms with E-state index >= 15 is 0 Å². The molecule has 0 aliphatic heterocycles. The Labute approximate surface area is 132 Å². The van der Waals surface area contributed by atoms with E-state index in [9.17, 15) is 9.90 Å². The molecule has 5 heteroatoms. The number of aromatic hydroxyl groups is 1. The van der Waals surface area contributed by atoms with Gasteiger partial charge in [0.1, 0.15) is 5.75 Å². The summed E-state index contributed by atoms with van der Waals surface area (Å²) in [6.07, 6.45) is 1.56. The molecule has 0 saturated heterocycles. The number of aryl methyl sites for hydroxylation is 1. The van der Waals surface area contributed by atoms with E-state index in [0.717, 1.165) is 22.2 Å². The molecule has 23 heavy (non-hydrogen) atoms. The highest BCUT2D eigenvalue weighted by Gasteiger charge is 2.12. The number of aliphatic carboxylic acids is 1. The van der Waals surface area contributed by atoms with Gasteiger partial charge in [-0.05, 0) is 42.8 Å². The van der Waals surface area contributed by atoms with Crippen molar-refractivity contribution in [2.45, 2.75) is 13.3 Å². The Morgan fingerprint density at radius 2 is 2.04 bits per heavy atom. The van der Waals surface area contributed by atoms with E-state index in [0.29, 0.717) is 11.3 Å². The third-order valence-electron chi connectivity index (χ3n) is 3.72. The third kappa shape index (κ3) is 3.08. The molecular weight excluding hydrogens is 292 g/mol. The van der Waals surface area contributed by atoms with Crippen LogP contribution < -0.4 is 0 Å². The largest absolute Gasteiger partial charge is 0.507 e. The van der Waals surface area contributed by atoms with Gasteiger partial charge in [-0.15, -0.1) is 0 Å². The number of carbonyl (C=O) groups is 1. The zero-order chi connectivity index (χ0) is 16.4. The van der Waals surface area contributed by atoms with Crippen LogP contribution in [0.3, 0.4) is 0 Å². The lowest BCUT2D eigenvalue weighted by Crippen LogP contribution is -2.00. The lowest BCUT2D eigenvalue weighted by Gasteiger charge is -2.00. The van der Waals surface area contributed by atoms with Crippen LogP contribution in [0.1, 0.15) is 16.8 Å². The Balaban J connectivity index is 1.99. The molecule has 0 fully saturated rings. The second kappa shape index (κ2) is 5.96. The molecule has 3 N–H and O–H groups in total. The van der Waals surface area contributed by atoms with Gasteiger partial charge >= 0.3 is 5.97 Å². The number of hydrogen-bond donors (Lipinski definition) is 3. The molecule has 0 aliphatic rings. The molecule has 0 aliphatic carbocycles. The molecule has 0 amide bonds. The predicted molar refractivity (Wildman–Crippen MR) is 89.7 cm³/mol. The van der Waals surface area contributed by atoms with Crippen LogP contribution in [0.15, 0.2) is 47.5 Å². The van der Waals surface area contributed by atoms with Crippen molar-refractivity contribution in [1.29, 1.82) is 0 Å². The summed E-state index contributed by atoms with van der Waals surface area (Å²) in [4.78, 5) is 18.6. The van der Waals surface area contributed by atoms with Gasteiger partial charge in [0.05, 0.1) is 12.1 Å². The van der Waals surface area contributed by atoms with Crippen LogP contribution in [0.2, 0.25) is 0 Å². The fourth-order valence-electron chi connectivity index (χ4n) is 2.57. The zero-order valence-corrected chi connectivity index (χ0v) is 12.6. The first-order valence-electron chi connectivity index (χ1n) is 7.19. The van der Waals surface area contributed by atoms with Gasteiger partial charge in [-0.2, -0.15) is 0 Å². The number of fused-ring (bicyclic) bond motifs is 1. The average Bonchev–Trinajstić information content (AvgIpc) is 2.82. The summed E-state index contributed by atoms with van der Waals surface area (Å²) in [5.41, 5.74) is 3.84. The zero-order valence-electron chi connectivity index (χ0n) is 12.6. The highest BCUT2D eigenvalue weighted by Crippen LogP contribution is 2.27. The van der Waals surface area contributed by atoms with Crippen molar-refractivity contribution >= 4 is 28.8 Å². The first kappa shape index (κ1) is 14.8. The number of hydrogen-bond acceptors (Lipinski definition) is 3. The van der Waals surface area contributed by atoms with Gasteiger partial charge in [0, 0.05) is 28.4 Å². The number of nitrogens with zero attached hydrogens (tertiary/aromatic N) is 1. The van der Waals surface area contributed by atoms with Gasteiger partial charge in [0.2, 0.25) is 0 Å². The monoisotopic (exact) mass is 308 g/mol. The fraction of sp³-hybridized carbons (Fsp3) is 0.111. The Bertz CT molecular complexity index is 910. The summed E-state index contributed by atoms with van der Waals surface area (Å²) in [6, 6.07) is 12.5. The Morgan fingerprint density at radius 1 is 1.26 bits per heavy atom. The van der Waals surface area contributed by atoms with Crippen LogP contribution >= 0.6 is 0 Å². The van der Waals surface area contributed by atoms with Gasteiger partial charge in [-0.3, -0.25) is 9.79 Å². The van der Waals surface area contributed by atoms with Gasteiger partial charge in [-0.25, -0.2) is 0 Å². The van der Waals surface area contributed by atoms with Crippen molar-refractivity contribution in [3.63, 3.8) is 0 Å². The van der Waals surface area contributed by atoms with E-state index < -0.39 is 5.97 Å². The molecule has 0 spiro atoms. The first-order valence-corrected chi connectivity index (χ1v) is 7.19. The minimum Gasteiger partial charge on any atom is -0.507 e. The normalized spacial score (nSPS) is 11.3. The number of aromatic nitrogens is 1. The Kier molecular flexibility index (Phi) is 3.85. The predicted octanol–water partition coefficient (Wildman–Crippen LogP) is 3.56. The third-order valence-corrected chi connectivity index (χ3v) is 3.72. The summed E-state index contributed by atoms with van der Waals surface area (Å²) in [6.45, 7) is 1.86. The summed E-state index contributed by atoms with van der Waals surface area (Å²) >= 11 is 0. The molecule has 1 heterocycles. The second-order valence-corrected chi connectivity index (χ2v) is 5.35. The molecule has 116 valence electrons. The molecule has 0 atom stereocenters. The molecule has 0 unspecified atom stereocenters. The minimum absolute atomic E-state index is 0.0293. The topological polar surface area (TPSA) is 85.7 Å². The molecule has 1 aromatic heterocycles. The lowest BCUT2D eigenvalue weighted by molar-refractivity contribution is -0.136.